The van der Waals surface area contributed by atoms with E-state index in [2.05, 4.69) is 10.3 Å². The van der Waals surface area contributed by atoms with Gasteiger partial charge in [0.2, 0.25) is 5.91 Å². The molecule has 1 aromatic heterocycles. The summed E-state index contributed by atoms with van der Waals surface area (Å²) in [4.78, 5) is 16.1. The van der Waals surface area contributed by atoms with Crippen LogP contribution in [0.15, 0.2) is 11.6 Å². The van der Waals surface area contributed by atoms with Gasteiger partial charge in [0, 0.05) is 11.6 Å². The summed E-state index contributed by atoms with van der Waals surface area (Å²) in [5, 5.41) is 5.58. The van der Waals surface area contributed by atoms with Gasteiger partial charge >= 0.3 is 0 Å². The smallest absolute Gasteiger partial charge is 0.233 e. The van der Waals surface area contributed by atoms with Crippen molar-refractivity contribution in [3.8, 4) is 0 Å². The highest BCUT2D eigenvalue weighted by atomic mass is 32.1. The summed E-state index contributed by atoms with van der Waals surface area (Å²) in [7, 11) is 0. The molecule has 0 radical (unpaired) electrons. The maximum atomic E-state index is 11.8. The Labute approximate surface area is 96.9 Å². The summed E-state index contributed by atoms with van der Waals surface area (Å²) in [5.74, 6) is -0.0646. The lowest BCUT2D eigenvalue weighted by atomic mass is 10.1. The van der Waals surface area contributed by atoms with Gasteiger partial charge in [0.25, 0.3) is 0 Å². The van der Waals surface area contributed by atoms with E-state index < -0.39 is 5.41 Å². The molecule has 3 N–H and O–H groups in total. The third kappa shape index (κ3) is 2.00. The lowest BCUT2D eigenvalue weighted by Crippen LogP contribution is -2.39. The number of thiocarbonyl (C=S) groups is 1. The Hall–Kier alpha value is -1.01. The van der Waals surface area contributed by atoms with Gasteiger partial charge in [-0.3, -0.25) is 4.79 Å². The van der Waals surface area contributed by atoms with Crippen LogP contribution < -0.4 is 11.1 Å². The van der Waals surface area contributed by atoms with Crippen molar-refractivity contribution in [3.05, 3.63) is 16.6 Å². The Bertz CT molecular complexity index is 384. The summed E-state index contributed by atoms with van der Waals surface area (Å²) >= 11 is 6.40. The van der Waals surface area contributed by atoms with Crippen molar-refractivity contribution in [1.29, 1.82) is 0 Å². The average Bonchev–Trinajstić information content (AvgIpc) is 2.87. The van der Waals surface area contributed by atoms with E-state index >= 15 is 0 Å². The molecule has 1 aliphatic rings. The standard InChI is InChI=1S/C9H11N3OS2/c10-7(14)9(1-2-9)8(13)12-5-6-11-3-4-15-6/h3-4H,1-2,5H2,(H2,10,14)(H,12,13). The van der Waals surface area contributed by atoms with Crippen LogP contribution in [0.5, 0.6) is 0 Å². The number of aromatic nitrogens is 1. The zero-order chi connectivity index (χ0) is 10.9. The molecule has 15 heavy (non-hydrogen) atoms. The van der Waals surface area contributed by atoms with E-state index in [-0.39, 0.29) is 5.91 Å². The number of rotatable bonds is 4. The maximum Gasteiger partial charge on any atom is 0.233 e. The first-order valence-electron chi connectivity index (χ1n) is 4.62. The molecule has 0 unspecified atom stereocenters. The molecule has 0 atom stereocenters. The van der Waals surface area contributed by atoms with Gasteiger partial charge < -0.3 is 11.1 Å². The first kappa shape index (κ1) is 10.5. The lowest BCUT2D eigenvalue weighted by Gasteiger charge is -2.12. The number of nitrogens with two attached hydrogens (primary N) is 1. The SMILES string of the molecule is NC(=S)C1(C(=O)NCc2nccs2)CC1. The van der Waals surface area contributed by atoms with Gasteiger partial charge in [-0.25, -0.2) is 4.98 Å². The van der Waals surface area contributed by atoms with Crippen LogP contribution in [0.2, 0.25) is 0 Å². The summed E-state index contributed by atoms with van der Waals surface area (Å²) in [6.07, 6.45) is 3.25. The number of carbonyl (C=O) groups excluding carboxylic acids is 1. The fraction of sp³-hybridized carbons (Fsp3) is 0.444. The van der Waals surface area contributed by atoms with Gasteiger partial charge in [0.1, 0.15) is 5.01 Å². The molecule has 1 saturated carbocycles. The molecule has 1 fully saturated rings. The summed E-state index contributed by atoms with van der Waals surface area (Å²) < 4.78 is 0. The maximum absolute atomic E-state index is 11.8. The fourth-order valence-corrected chi connectivity index (χ4v) is 2.23. The number of hydrogen-bond acceptors (Lipinski definition) is 4. The van der Waals surface area contributed by atoms with Crippen LogP contribution in [-0.2, 0) is 11.3 Å². The normalized spacial score (nSPS) is 17.1. The Kier molecular flexibility index (Phi) is 2.70. The number of amides is 1. The van der Waals surface area contributed by atoms with Gasteiger partial charge in [0.05, 0.1) is 16.9 Å². The van der Waals surface area contributed by atoms with Gasteiger partial charge in [-0.1, -0.05) is 12.2 Å². The van der Waals surface area contributed by atoms with E-state index in [1.165, 1.54) is 11.3 Å². The predicted octanol–water partition coefficient (Wildman–Crippen LogP) is 0.826. The number of carbonyl (C=O) groups is 1. The minimum absolute atomic E-state index is 0.0646. The van der Waals surface area contributed by atoms with Crippen molar-refractivity contribution in [2.24, 2.45) is 11.1 Å². The van der Waals surface area contributed by atoms with E-state index in [1.807, 2.05) is 5.38 Å². The van der Waals surface area contributed by atoms with Crippen LogP contribution in [0.3, 0.4) is 0 Å². The molecular weight excluding hydrogens is 230 g/mol. The second kappa shape index (κ2) is 3.86. The molecule has 0 aliphatic heterocycles. The van der Waals surface area contributed by atoms with Crippen LogP contribution in [0.1, 0.15) is 17.8 Å². The minimum Gasteiger partial charge on any atom is -0.392 e. The number of hydrogen-bond donors (Lipinski definition) is 2. The highest BCUT2D eigenvalue weighted by molar-refractivity contribution is 7.80. The van der Waals surface area contributed by atoms with Gasteiger partial charge in [-0.05, 0) is 12.8 Å². The fourth-order valence-electron chi connectivity index (χ4n) is 1.38. The van der Waals surface area contributed by atoms with Gasteiger partial charge in [-0.2, -0.15) is 0 Å². The van der Waals surface area contributed by atoms with E-state index in [0.29, 0.717) is 11.5 Å². The van der Waals surface area contributed by atoms with Crippen LogP contribution in [-0.4, -0.2) is 15.9 Å². The van der Waals surface area contributed by atoms with Crippen molar-refractivity contribution < 1.29 is 4.79 Å². The molecule has 1 aromatic rings. The highest BCUT2D eigenvalue weighted by Crippen LogP contribution is 2.46. The van der Waals surface area contributed by atoms with E-state index in [4.69, 9.17) is 18.0 Å². The zero-order valence-electron chi connectivity index (χ0n) is 8.03. The Morgan fingerprint density at radius 1 is 1.73 bits per heavy atom. The Morgan fingerprint density at radius 2 is 2.47 bits per heavy atom. The molecular formula is C9H11N3OS2. The first-order chi connectivity index (χ1) is 7.15. The zero-order valence-corrected chi connectivity index (χ0v) is 9.66. The van der Waals surface area contributed by atoms with Crippen LogP contribution in [0.25, 0.3) is 0 Å². The van der Waals surface area contributed by atoms with E-state index in [1.54, 1.807) is 6.20 Å². The Morgan fingerprint density at radius 3 is 2.93 bits per heavy atom. The second-order valence-electron chi connectivity index (χ2n) is 3.55. The van der Waals surface area contributed by atoms with Crippen molar-refractivity contribution >= 4 is 34.5 Å². The van der Waals surface area contributed by atoms with Gasteiger partial charge in [-0.15, -0.1) is 11.3 Å². The average molecular weight is 241 g/mol. The Balaban J connectivity index is 1.91. The molecule has 0 aromatic carbocycles. The molecule has 1 amide bonds. The molecule has 6 heteroatoms. The lowest BCUT2D eigenvalue weighted by molar-refractivity contribution is -0.124. The summed E-state index contributed by atoms with van der Waals surface area (Å²) in [6, 6.07) is 0. The molecule has 80 valence electrons. The minimum atomic E-state index is -0.563. The number of nitrogens with zero attached hydrogens (tertiary/aromatic N) is 1. The highest BCUT2D eigenvalue weighted by Gasteiger charge is 2.52. The van der Waals surface area contributed by atoms with Crippen molar-refractivity contribution in [1.82, 2.24) is 10.3 Å². The molecule has 1 heterocycles. The molecule has 0 saturated heterocycles. The topological polar surface area (TPSA) is 68.0 Å². The van der Waals surface area contributed by atoms with Crippen LogP contribution >= 0.6 is 23.6 Å². The summed E-state index contributed by atoms with van der Waals surface area (Å²) in [5.41, 5.74) is 4.98. The van der Waals surface area contributed by atoms with Crippen LogP contribution in [0, 0.1) is 5.41 Å². The molecule has 2 rings (SSSR count). The van der Waals surface area contributed by atoms with Crippen molar-refractivity contribution in [3.63, 3.8) is 0 Å². The monoisotopic (exact) mass is 241 g/mol. The molecule has 0 bridgehead atoms. The van der Waals surface area contributed by atoms with Crippen molar-refractivity contribution in [2.45, 2.75) is 19.4 Å². The van der Waals surface area contributed by atoms with E-state index in [9.17, 15) is 4.79 Å². The number of thiazole rings is 1. The second-order valence-corrected chi connectivity index (χ2v) is 4.97. The van der Waals surface area contributed by atoms with Gasteiger partial charge in [0.15, 0.2) is 0 Å². The quantitative estimate of drug-likeness (QED) is 0.766. The summed E-state index contributed by atoms with van der Waals surface area (Å²) in [6.45, 7) is 0.459. The molecule has 1 aliphatic carbocycles. The predicted molar refractivity (Wildman–Crippen MR) is 62.4 cm³/mol. The first-order valence-corrected chi connectivity index (χ1v) is 5.90. The largest absolute Gasteiger partial charge is 0.392 e. The van der Waals surface area contributed by atoms with E-state index in [0.717, 1.165) is 17.8 Å². The van der Waals surface area contributed by atoms with Crippen molar-refractivity contribution in [2.75, 3.05) is 0 Å². The third-order valence-corrected chi connectivity index (χ3v) is 3.71. The molecule has 0 spiro atoms. The molecule has 4 nitrogen and oxygen atoms in total. The third-order valence-electron chi connectivity index (χ3n) is 2.54. The number of nitrogens with one attached hydrogen (secondary N) is 1. The van der Waals surface area contributed by atoms with Crippen LogP contribution in [0.4, 0.5) is 0 Å².